The maximum absolute atomic E-state index is 2.31. The third-order valence-electron chi connectivity index (χ3n) is 4.72. The summed E-state index contributed by atoms with van der Waals surface area (Å²) < 4.78 is 4.38. The molecule has 2 heterocycles. The van der Waals surface area contributed by atoms with E-state index in [4.69, 9.17) is 0 Å². The second kappa shape index (κ2) is 11.0. The first-order chi connectivity index (χ1) is 11.8. The molecule has 0 unspecified atom stereocenters. The number of nitrogens with zero attached hydrogens (tertiary/aromatic N) is 2. The monoisotopic (exact) mass is 326 g/mol. The van der Waals surface area contributed by atoms with Gasteiger partial charge in [0.05, 0.1) is 0 Å². The molecule has 24 heavy (non-hydrogen) atoms. The van der Waals surface area contributed by atoms with Gasteiger partial charge in [-0.2, -0.15) is 0 Å². The molecule has 0 aliphatic carbocycles. The van der Waals surface area contributed by atoms with E-state index in [-0.39, 0.29) is 0 Å². The summed E-state index contributed by atoms with van der Waals surface area (Å²) in [6.07, 6.45) is 21.1. The van der Waals surface area contributed by atoms with Crippen molar-refractivity contribution in [3.05, 3.63) is 49.1 Å². The zero-order chi connectivity index (χ0) is 17.0. The minimum absolute atomic E-state index is 1.14. The van der Waals surface area contributed by atoms with Gasteiger partial charge in [-0.3, -0.25) is 0 Å². The molecule has 2 heteroatoms. The lowest BCUT2D eigenvalue weighted by Gasteiger charge is -2.02. The average molecular weight is 327 g/mol. The fourth-order valence-corrected chi connectivity index (χ4v) is 3.10. The van der Waals surface area contributed by atoms with E-state index in [0.29, 0.717) is 0 Å². The summed E-state index contributed by atoms with van der Waals surface area (Å²) in [5.41, 5.74) is 2.57. The van der Waals surface area contributed by atoms with Gasteiger partial charge < -0.3 is 0 Å². The van der Waals surface area contributed by atoms with Gasteiger partial charge in [0.15, 0.2) is 24.8 Å². The van der Waals surface area contributed by atoms with Crippen LogP contribution >= 0.6 is 0 Å². The molecule has 0 fully saturated rings. The van der Waals surface area contributed by atoms with Crippen molar-refractivity contribution in [3.63, 3.8) is 0 Å². The molecule has 0 saturated heterocycles. The Morgan fingerprint density at radius 2 is 1.08 bits per heavy atom. The van der Waals surface area contributed by atoms with E-state index in [1.807, 2.05) is 7.05 Å². The lowest BCUT2D eigenvalue weighted by atomic mass is 10.1. The number of unbranched alkanes of at least 4 members (excludes halogenated alkanes) is 8. The van der Waals surface area contributed by atoms with Crippen molar-refractivity contribution >= 4 is 0 Å². The molecule has 0 atom stereocenters. The van der Waals surface area contributed by atoms with Gasteiger partial charge >= 0.3 is 0 Å². The first-order valence-electron chi connectivity index (χ1n) is 9.74. The Morgan fingerprint density at radius 1 is 0.625 bits per heavy atom. The highest BCUT2D eigenvalue weighted by molar-refractivity contribution is 5.60. The van der Waals surface area contributed by atoms with Crippen LogP contribution < -0.4 is 9.13 Å². The highest BCUT2D eigenvalue weighted by Crippen LogP contribution is 2.15. The predicted octanol–water partition coefficient (Wildman–Crippen LogP) is 5.00. The van der Waals surface area contributed by atoms with Crippen molar-refractivity contribution in [2.75, 3.05) is 0 Å². The number of hydrogen-bond donors (Lipinski definition) is 0. The van der Waals surface area contributed by atoms with Gasteiger partial charge in [-0.05, 0) is 17.5 Å². The van der Waals surface area contributed by atoms with E-state index in [2.05, 4.69) is 65.1 Å². The van der Waals surface area contributed by atoms with Crippen molar-refractivity contribution < 1.29 is 9.13 Å². The highest BCUT2D eigenvalue weighted by Gasteiger charge is 2.04. The molecule has 0 amide bonds. The zero-order valence-electron chi connectivity index (χ0n) is 15.6. The van der Waals surface area contributed by atoms with Crippen molar-refractivity contribution in [2.24, 2.45) is 7.05 Å². The molecule has 2 aromatic heterocycles. The third kappa shape index (κ3) is 6.82. The molecule has 130 valence electrons. The highest BCUT2D eigenvalue weighted by atomic mass is 14.9. The van der Waals surface area contributed by atoms with E-state index in [1.165, 1.54) is 68.9 Å². The first kappa shape index (κ1) is 18.6. The molecule has 2 aromatic rings. The first-order valence-corrected chi connectivity index (χ1v) is 9.74. The van der Waals surface area contributed by atoms with Crippen LogP contribution in [0.5, 0.6) is 0 Å². The topological polar surface area (TPSA) is 7.76 Å². The standard InChI is InChI=1S/C22H34N2/c1-3-4-5-6-7-8-9-10-11-16-24-19-14-22(15-20-24)21-12-17-23(2)18-13-21/h12-15,17-20H,3-11,16H2,1-2H3/q+2. The Balaban J connectivity index is 1.63. The van der Waals surface area contributed by atoms with E-state index in [1.54, 1.807) is 0 Å². The molecule has 2 rings (SSSR count). The van der Waals surface area contributed by atoms with Gasteiger partial charge in [-0.1, -0.05) is 51.9 Å². The summed E-state index contributed by atoms with van der Waals surface area (Å²) in [5, 5.41) is 0. The zero-order valence-corrected chi connectivity index (χ0v) is 15.6. The maximum atomic E-state index is 2.31. The average Bonchev–Trinajstić information content (AvgIpc) is 2.62. The van der Waals surface area contributed by atoms with Crippen molar-refractivity contribution in [1.82, 2.24) is 0 Å². The van der Waals surface area contributed by atoms with Crippen LogP contribution in [0.4, 0.5) is 0 Å². The van der Waals surface area contributed by atoms with E-state index in [0.717, 1.165) is 6.54 Å². The largest absolute Gasteiger partial charge is 0.208 e. The Bertz CT molecular complexity index is 558. The van der Waals surface area contributed by atoms with Gasteiger partial charge in [0.25, 0.3) is 0 Å². The molecule has 0 saturated carbocycles. The molecule has 0 N–H and O–H groups in total. The fourth-order valence-electron chi connectivity index (χ4n) is 3.10. The summed E-state index contributed by atoms with van der Waals surface area (Å²) in [7, 11) is 2.05. The summed E-state index contributed by atoms with van der Waals surface area (Å²) in [6.45, 7) is 3.42. The minimum atomic E-state index is 1.14. The number of pyridine rings is 2. The Kier molecular flexibility index (Phi) is 8.51. The molecule has 0 aromatic carbocycles. The van der Waals surface area contributed by atoms with Gasteiger partial charge in [-0.25, -0.2) is 9.13 Å². The van der Waals surface area contributed by atoms with Crippen LogP contribution in [0, 0.1) is 0 Å². The van der Waals surface area contributed by atoms with Crippen LogP contribution in [0.15, 0.2) is 49.1 Å². The van der Waals surface area contributed by atoms with Crippen molar-refractivity contribution in [3.8, 4) is 11.1 Å². The lowest BCUT2D eigenvalue weighted by molar-refractivity contribution is -0.697. The van der Waals surface area contributed by atoms with E-state index < -0.39 is 0 Å². The predicted molar refractivity (Wildman–Crippen MR) is 100 cm³/mol. The molecule has 0 radical (unpaired) electrons. The molecular weight excluding hydrogens is 292 g/mol. The van der Waals surface area contributed by atoms with Crippen LogP contribution in [0.3, 0.4) is 0 Å². The Labute approximate surface area is 148 Å². The van der Waals surface area contributed by atoms with Gasteiger partial charge in [0, 0.05) is 30.7 Å². The second-order valence-electron chi connectivity index (χ2n) is 6.91. The third-order valence-corrected chi connectivity index (χ3v) is 4.72. The number of rotatable bonds is 11. The fraction of sp³-hybridized carbons (Fsp3) is 0.545. The SMILES string of the molecule is CCCCCCCCCCC[n+]1ccc(-c2cc[n+](C)cc2)cc1. The molecule has 0 aliphatic rings. The Morgan fingerprint density at radius 3 is 1.62 bits per heavy atom. The normalized spacial score (nSPS) is 10.9. The molecular formula is C22H34N2+2. The van der Waals surface area contributed by atoms with Gasteiger partial charge in [0.2, 0.25) is 0 Å². The van der Waals surface area contributed by atoms with Crippen molar-refractivity contribution in [1.29, 1.82) is 0 Å². The van der Waals surface area contributed by atoms with Gasteiger partial charge in [-0.15, -0.1) is 0 Å². The van der Waals surface area contributed by atoms with E-state index in [9.17, 15) is 0 Å². The summed E-state index contributed by atoms with van der Waals surface area (Å²) in [6, 6.07) is 8.78. The Hall–Kier alpha value is -1.70. The number of aryl methyl sites for hydroxylation is 2. The summed E-state index contributed by atoms with van der Waals surface area (Å²) >= 11 is 0. The second-order valence-corrected chi connectivity index (χ2v) is 6.91. The number of hydrogen-bond acceptors (Lipinski definition) is 0. The molecule has 0 bridgehead atoms. The molecule has 0 aliphatic heterocycles. The van der Waals surface area contributed by atoms with Crippen LogP contribution in [-0.2, 0) is 13.6 Å². The quantitative estimate of drug-likeness (QED) is 0.406. The van der Waals surface area contributed by atoms with Crippen LogP contribution in [-0.4, -0.2) is 0 Å². The molecule has 2 nitrogen and oxygen atoms in total. The summed E-state index contributed by atoms with van der Waals surface area (Å²) in [4.78, 5) is 0. The van der Waals surface area contributed by atoms with E-state index >= 15 is 0 Å². The lowest BCUT2D eigenvalue weighted by Crippen LogP contribution is -2.32. The minimum Gasteiger partial charge on any atom is -0.208 e. The maximum Gasteiger partial charge on any atom is 0.169 e. The van der Waals surface area contributed by atoms with Crippen LogP contribution in [0.25, 0.3) is 11.1 Å². The molecule has 0 spiro atoms. The number of aromatic nitrogens is 2. The smallest absolute Gasteiger partial charge is 0.169 e. The van der Waals surface area contributed by atoms with Crippen LogP contribution in [0.1, 0.15) is 64.7 Å². The van der Waals surface area contributed by atoms with Crippen molar-refractivity contribution in [2.45, 2.75) is 71.3 Å². The summed E-state index contributed by atoms with van der Waals surface area (Å²) in [5.74, 6) is 0. The van der Waals surface area contributed by atoms with Gasteiger partial charge in [0.1, 0.15) is 13.6 Å². The van der Waals surface area contributed by atoms with Crippen LogP contribution in [0.2, 0.25) is 0 Å².